The number of aliphatic hydroxyl groups excluding tert-OH is 1. The fourth-order valence-corrected chi connectivity index (χ4v) is 2.74. The molecule has 0 saturated heterocycles. The minimum absolute atomic E-state index is 0.0348. The Morgan fingerprint density at radius 3 is 2.35 bits per heavy atom. The van der Waals surface area contributed by atoms with E-state index in [1.54, 1.807) is 7.11 Å². The van der Waals surface area contributed by atoms with Crippen molar-refractivity contribution in [2.75, 3.05) is 20.3 Å². The van der Waals surface area contributed by atoms with Crippen molar-refractivity contribution in [2.24, 2.45) is 5.92 Å². The highest BCUT2D eigenvalue weighted by atomic mass is 16.5. The standard InChI is InChI=1S/C18H28N2O3/c1-17(2,13-7-9-15(23-4)10-8-13)11-19-16(22)20-18(3,12-21)14-5-6-14/h7-10,14,21H,5-6,11-12H2,1-4H3,(H2,19,20,22). The van der Waals surface area contributed by atoms with Gasteiger partial charge in [-0.25, -0.2) is 4.79 Å². The number of urea groups is 1. The third-order valence-electron chi connectivity index (χ3n) is 4.77. The van der Waals surface area contributed by atoms with Gasteiger partial charge in [0.1, 0.15) is 5.75 Å². The molecule has 5 nitrogen and oxygen atoms in total. The fourth-order valence-electron chi connectivity index (χ4n) is 2.74. The van der Waals surface area contributed by atoms with Gasteiger partial charge in [-0.05, 0) is 43.4 Å². The van der Waals surface area contributed by atoms with Crippen molar-refractivity contribution < 1.29 is 14.6 Å². The molecular weight excluding hydrogens is 292 g/mol. The summed E-state index contributed by atoms with van der Waals surface area (Å²) in [5, 5.41) is 15.4. The largest absolute Gasteiger partial charge is 0.497 e. The molecule has 5 heteroatoms. The highest BCUT2D eigenvalue weighted by Gasteiger charge is 2.42. The summed E-state index contributed by atoms with van der Waals surface area (Å²) in [5.41, 5.74) is 0.415. The van der Waals surface area contributed by atoms with Crippen LogP contribution in [0.5, 0.6) is 5.75 Å². The second-order valence-electron chi connectivity index (χ2n) is 7.27. The molecule has 1 aliphatic rings. The summed E-state index contributed by atoms with van der Waals surface area (Å²) in [5.74, 6) is 1.20. The summed E-state index contributed by atoms with van der Waals surface area (Å²) >= 11 is 0. The molecule has 23 heavy (non-hydrogen) atoms. The molecule has 128 valence electrons. The summed E-state index contributed by atoms with van der Waals surface area (Å²) in [6.45, 7) is 6.55. The first-order valence-electron chi connectivity index (χ1n) is 8.12. The van der Waals surface area contributed by atoms with Gasteiger partial charge in [-0.3, -0.25) is 0 Å². The third kappa shape index (κ3) is 4.38. The van der Waals surface area contributed by atoms with E-state index in [9.17, 15) is 9.90 Å². The first kappa shape index (κ1) is 17.6. The summed E-state index contributed by atoms with van der Waals surface area (Å²) in [7, 11) is 1.64. The van der Waals surface area contributed by atoms with E-state index in [2.05, 4.69) is 24.5 Å². The molecule has 0 spiro atoms. The zero-order valence-corrected chi connectivity index (χ0v) is 14.5. The maximum atomic E-state index is 12.2. The van der Waals surface area contributed by atoms with Gasteiger partial charge in [0, 0.05) is 12.0 Å². The molecule has 1 aromatic carbocycles. The van der Waals surface area contributed by atoms with E-state index in [1.165, 1.54) is 0 Å². The first-order chi connectivity index (χ1) is 10.8. The van der Waals surface area contributed by atoms with Crippen molar-refractivity contribution in [3.8, 4) is 5.75 Å². The second kappa shape index (κ2) is 6.79. The van der Waals surface area contributed by atoms with E-state index in [0.29, 0.717) is 12.5 Å². The maximum Gasteiger partial charge on any atom is 0.315 e. The van der Waals surface area contributed by atoms with Crippen LogP contribution in [-0.4, -0.2) is 36.9 Å². The van der Waals surface area contributed by atoms with Crippen molar-refractivity contribution in [1.29, 1.82) is 0 Å². The average Bonchev–Trinajstić information content (AvgIpc) is 3.38. The van der Waals surface area contributed by atoms with Gasteiger partial charge in [-0.15, -0.1) is 0 Å². The van der Waals surface area contributed by atoms with Gasteiger partial charge in [-0.2, -0.15) is 0 Å². The number of hydrogen-bond acceptors (Lipinski definition) is 3. The first-order valence-corrected chi connectivity index (χ1v) is 8.12. The van der Waals surface area contributed by atoms with Crippen molar-refractivity contribution in [2.45, 2.75) is 44.6 Å². The number of nitrogens with one attached hydrogen (secondary N) is 2. The van der Waals surface area contributed by atoms with Crippen LogP contribution < -0.4 is 15.4 Å². The van der Waals surface area contributed by atoms with E-state index in [-0.39, 0.29) is 18.1 Å². The Balaban J connectivity index is 1.91. The van der Waals surface area contributed by atoms with Crippen molar-refractivity contribution in [3.05, 3.63) is 29.8 Å². The van der Waals surface area contributed by atoms with Crippen LogP contribution in [-0.2, 0) is 5.41 Å². The lowest BCUT2D eigenvalue weighted by atomic mass is 9.84. The maximum absolute atomic E-state index is 12.2. The Labute approximate surface area is 138 Å². The average molecular weight is 320 g/mol. The predicted molar refractivity (Wildman–Crippen MR) is 90.8 cm³/mol. The molecule has 1 saturated carbocycles. The summed E-state index contributed by atoms with van der Waals surface area (Å²) in [6, 6.07) is 7.65. The van der Waals surface area contributed by atoms with Crippen molar-refractivity contribution in [3.63, 3.8) is 0 Å². The molecule has 0 aromatic heterocycles. The van der Waals surface area contributed by atoms with Crippen molar-refractivity contribution >= 4 is 6.03 Å². The molecule has 0 bridgehead atoms. The van der Waals surface area contributed by atoms with Crippen LogP contribution in [0.1, 0.15) is 39.2 Å². The van der Waals surface area contributed by atoms with Crippen LogP contribution in [0, 0.1) is 5.92 Å². The zero-order chi connectivity index (χ0) is 17.1. The minimum Gasteiger partial charge on any atom is -0.497 e. The molecule has 1 aliphatic carbocycles. The zero-order valence-electron chi connectivity index (χ0n) is 14.5. The van der Waals surface area contributed by atoms with Crippen LogP contribution in [0.15, 0.2) is 24.3 Å². The smallest absolute Gasteiger partial charge is 0.315 e. The minimum atomic E-state index is -0.520. The Kier molecular flexibility index (Phi) is 5.19. The van der Waals surface area contributed by atoms with Gasteiger partial charge in [0.05, 0.1) is 19.3 Å². The monoisotopic (exact) mass is 320 g/mol. The van der Waals surface area contributed by atoms with E-state index in [0.717, 1.165) is 24.2 Å². The molecule has 1 unspecified atom stereocenters. The van der Waals surface area contributed by atoms with Gasteiger partial charge in [0.2, 0.25) is 0 Å². The predicted octanol–water partition coefficient (Wildman–Crippen LogP) is 2.43. The lowest BCUT2D eigenvalue weighted by molar-refractivity contribution is 0.154. The van der Waals surface area contributed by atoms with Crippen LogP contribution >= 0.6 is 0 Å². The molecule has 0 heterocycles. The number of aliphatic hydroxyl groups is 1. The number of rotatable bonds is 7. The summed E-state index contributed by atoms with van der Waals surface area (Å²) in [4.78, 5) is 12.2. The lowest BCUT2D eigenvalue weighted by Crippen LogP contribution is -2.55. The molecule has 1 atom stereocenters. The number of ether oxygens (including phenoxy) is 1. The number of carbonyl (C=O) groups is 1. The van der Waals surface area contributed by atoms with E-state index < -0.39 is 5.54 Å². The molecule has 3 N–H and O–H groups in total. The second-order valence-corrected chi connectivity index (χ2v) is 7.27. The lowest BCUT2D eigenvalue weighted by Gasteiger charge is -2.31. The molecule has 1 aromatic rings. The Morgan fingerprint density at radius 1 is 1.26 bits per heavy atom. The molecular formula is C18H28N2O3. The SMILES string of the molecule is COc1ccc(C(C)(C)CNC(=O)NC(C)(CO)C2CC2)cc1. The van der Waals surface area contributed by atoms with E-state index in [4.69, 9.17) is 4.74 Å². The van der Waals surface area contributed by atoms with E-state index in [1.807, 2.05) is 31.2 Å². The highest BCUT2D eigenvalue weighted by molar-refractivity contribution is 5.75. The van der Waals surface area contributed by atoms with Gasteiger partial charge in [-0.1, -0.05) is 26.0 Å². The van der Waals surface area contributed by atoms with Crippen LogP contribution in [0.3, 0.4) is 0 Å². The van der Waals surface area contributed by atoms with Gasteiger partial charge >= 0.3 is 6.03 Å². The number of amides is 2. The van der Waals surface area contributed by atoms with Crippen molar-refractivity contribution in [1.82, 2.24) is 10.6 Å². The molecule has 2 amide bonds. The quantitative estimate of drug-likeness (QED) is 0.722. The fraction of sp³-hybridized carbons (Fsp3) is 0.611. The number of carbonyl (C=O) groups excluding carboxylic acids is 1. The number of benzene rings is 1. The number of hydrogen-bond donors (Lipinski definition) is 3. The summed E-state index contributed by atoms with van der Waals surface area (Å²) in [6.07, 6.45) is 2.13. The highest BCUT2D eigenvalue weighted by Crippen LogP contribution is 2.39. The Hall–Kier alpha value is -1.75. The third-order valence-corrected chi connectivity index (χ3v) is 4.77. The molecule has 0 aliphatic heterocycles. The van der Waals surface area contributed by atoms with Gasteiger partial charge < -0.3 is 20.5 Å². The van der Waals surface area contributed by atoms with E-state index >= 15 is 0 Å². The Morgan fingerprint density at radius 2 is 1.87 bits per heavy atom. The normalized spacial score (nSPS) is 17.3. The molecule has 0 radical (unpaired) electrons. The van der Waals surface area contributed by atoms with Crippen LogP contribution in [0.2, 0.25) is 0 Å². The molecule has 1 fully saturated rings. The van der Waals surface area contributed by atoms with Gasteiger partial charge in [0.25, 0.3) is 0 Å². The summed E-state index contributed by atoms with van der Waals surface area (Å²) < 4.78 is 5.17. The number of methoxy groups -OCH3 is 1. The van der Waals surface area contributed by atoms with Crippen LogP contribution in [0.25, 0.3) is 0 Å². The van der Waals surface area contributed by atoms with Crippen LogP contribution in [0.4, 0.5) is 4.79 Å². The topological polar surface area (TPSA) is 70.6 Å². The van der Waals surface area contributed by atoms with Gasteiger partial charge in [0.15, 0.2) is 0 Å². The Bertz CT molecular complexity index is 538. The molecule has 2 rings (SSSR count).